The Kier molecular flexibility index (Phi) is 3.20. The van der Waals surface area contributed by atoms with Crippen LogP contribution in [0.2, 0.25) is 0 Å². The fourth-order valence-electron chi connectivity index (χ4n) is 2.95. The standard InChI is InChI=1S/C14H18N2O3S/c1-9-15-12-8-10(6-7-13(12)19-9)16-11-4-3-5-14(11)20(2,17)18/h6-8,11,14,16H,3-5H2,1-2H3. The number of benzene rings is 1. The molecule has 1 aliphatic carbocycles. The van der Waals surface area contributed by atoms with E-state index in [1.807, 2.05) is 25.1 Å². The average Bonchev–Trinajstić information content (AvgIpc) is 2.93. The summed E-state index contributed by atoms with van der Waals surface area (Å²) in [5.74, 6) is 0.632. The van der Waals surface area contributed by atoms with E-state index in [2.05, 4.69) is 10.3 Å². The van der Waals surface area contributed by atoms with Crippen molar-refractivity contribution in [3.63, 3.8) is 0 Å². The summed E-state index contributed by atoms with van der Waals surface area (Å²) in [6.45, 7) is 1.81. The molecule has 108 valence electrons. The summed E-state index contributed by atoms with van der Waals surface area (Å²) in [6.07, 6.45) is 3.89. The van der Waals surface area contributed by atoms with Gasteiger partial charge in [0.05, 0.1) is 5.25 Å². The third-order valence-electron chi connectivity index (χ3n) is 3.85. The second-order valence-electron chi connectivity index (χ2n) is 5.47. The van der Waals surface area contributed by atoms with Gasteiger partial charge in [-0.15, -0.1) is 0 Å². The van der Waals surface area contributed by atoms with Crippen molar-refractivity contribution in [3.8, 4) is 0 Å². The first kappa shape index (κ1) is 13.4. The molecule has 1 aromatic heterocycles. The summed E-state index contributed by atoms with van der Waals surface area (Å²) >= 11 is 0. The maximum atomic E-state index is 11.8. The van der Waals surface area contributed by atoms with Gasteiger partial charge in [-0.2, -0.15) is 0 Å². The van der Waals surface area contributed by atoms with Crippen LogP contribution in [0, 0.1) is 6.92 Å². The van der Waals surface area contributed by atoms with Gasteiger partial charge < -0.3 is 9.73 Å². The summed E-state index contributed by atoms with van der Waals surface area (Å²) in [4.78, 5) is 4.29. The molecule has 1 N–H and O–H groups in total. The predicted molar refractivity (Wildman–Crippen MR) is 78.6 cm³/mol. The van der Waals surface area contributed by atoms with Crippen LogP contribution in [0.3, 0.4) is 0 Å². The quantitative estimate of drug-likeness (QED) is 0.941. The molecule has 0 spiro atoms. The van der Waals surface area contributed by atoms with E-state index >= 15 is 0 Å². The van der Waals surface area contributed by atoms with Gasteiger partial charge in [-0.3, -0.25) is 0 Å². The highest BCUT2D eigenvalue weighted by molar-refractivity contribution is 7.91. The topological polar surface area (TPSA) is 72.2 Å². The SMILES string of the molecule is Cc1nc2cc(NC3CCCC3S(C)(=O)=O)ccc2o1. The molecule has 0 aliphatic heterocycles. The highest BCUT2D eigenvalue weighted by Gasteiger charge is 2.34. The third-order valence-corrected chi connectivity index (χ3v) is 5.51. The van der Waals surface area contributed by atoms with E-state index in [1.54, 1.807) is 0 Å². The molecule has 2 aromatic rings. The van der Waals surface area contributed by atoms with E-state index in [-0.39, 0.29) is 11.3 Å². The zero-order valence-corrected chi connectivity index (χ0v) is 12.4. The molecule has 1 heterocycles. The Morgan fingerprint density at radius 2 is 2.15 bits per heavy atom. The second-order valence-corrected chi connectivity index (χ2v) is 7.73. The number of nitrogens with zero attached hydrogens (tertiary/aromatic N) is 1. The first-order valence-corrected chi connectivity index (χ1v) is 8.71. The Hall–Kier alpha value is -1.56. The van der Waals surface area contributed by atoms with Gasteiger partial charge in [-0.25, -0.2) is 13.4 Å². The Labute approximate surface area is 118 Å². The molecule has 1 aromatic carbocycles. The molecule has 0 amide bonds. The lowest BCUT2D eigenvalue weighted by Gasteiger charge is -2.20. The highest BCUT2D eigenvalue weighted by atomic mass is 32.2. The number of fused-ring (bicyclic) bond motifs is 1. The van der Waals surface area contributed by atoms with Crippen LogP contribution in [0.5, 0.6) is 0 Å². The van der Waals surface area contributed by atoms with Crippen LogP contribution >= 0.6 is 0 Å². The number of oxazole rings is 1. The molecule has 0 bridgehead atoms. The van der Waals surface area contributed by atoms with E-state index in [0.717, 1.165) is 36.0 Å². The molecule has 1 saturated carbocycles. The Balaban J connectivity index is 1.85. The fourth-order valence-corrected chi connectivity index (χ4v) is 4.35. The monoisotopic (exact) mass is 294 g/mol. The lowest BCUT2D eigenvalue weighted by Crippen LogP contribution is -2.34. The molecule has 6 heteroatoms. The minimum absolute atomic E-state index is 0.0181. The van der Waals surface area contributed by atoms with E-state index in [4.69, 9.17) is 4.42 Å². The Morgan fingerprint density at radius 3 is 2.90 bits per heavy atom. The zero-order chi connectivity index (χ0) is 14.3. The number of aryl methyl sites for hydroxylation is 1. The first-order chi connectivity index (χ1) is 9.43. The van der Waals surface area contributed by atoms with Gasteiger partial charge >= 0.3 is 0 Å². The van der Waals surface area contributed by atoms with Crippen molar-refractivity contribution in [2.45, 2.75) is 37.5 Å². The van der Waals surface area contributed by atoms with Crippen LogP contribution < -0.4 is 5.32 Å². The number of rotatable bonds is 3. The molecule has 0 saturated heterocycles. The van der Waals surface area contributed by atoms with Gasteiger partial charge in [-0.05, 0) is 37.5 Å². The van der Waals surface area contributed by atoms with E-state index in [0.29, 0.717) is 5.89 Å². The average molecular weight is 294 g/mol. The Morgan fingerprint density at radius 1 is 1.35 bits per heavy atom. The summed E-state index contributed by atoms with van der Waals surface area (Å²) in [7, 11) is -3.01. The van der Waals surface area contributed by atoms with Gasteiger partial charge in [0.15, 0.2) is 21.3 Å². The number of anilines is 1. The first-order valence-electron chi connectivity index (χ1n) is 6.76. The van der Waals surface area contributed by atoms with Crippen LogP contribution in [0.15, 0.2) is 22.6 Å². The van der Waals surface area contributed by atoms with Gasteiger partial charge in [0.25, 0.3) is 0 Å². The molecular weight excluding hydrogens is 276 g/mol. The van der Waals surface area contributed by atoms with Crippen LogP contribution in [-0.2, 0) is 9.84 Å². The van der Waals surface area contributed by atoms with Crippen molar-refractivity contribution < 1.29 is 12.8 Å². The van der Waals surface area contributed by atoms with Crippen molar-refractivity contribution >= 4 is 26.6 Å². The van der Waals surface area contributed by atoms with Crippen molar-refractivity contribution in [1.82, 2.24) is 4.98 Å². The molecule has 20 heavy (non-hydrogen) atoms. The maximum Gasteiger partial charge on any atom is 0.192 e. The van der Waals surface area contributed by atoms with E-state index in [9.17, 15) is 8.42 Å². The molecule has 1 aliphatic rings. The minimum atomic E-state index is -3.01. The van der Waals surface area contributed by atoms with Gasteiger partial charge in [-0.1, -0.05) is 0 Å². The maximum absolute atomic E-state index is 11.8. The zero-order valence-electron chi connectivity index (χ0n) is 11.6. The predicted octanol–water partition coefficient (Wildman–Crippen LogP) is 2.51. The van der Waals surface area contributed by atoms with E-state index in [1.165, 1.54) is 6.26 Å². The molecule has 5 nitrogen and oxygen atoms in total. The molecule has 1 fully saturated rings. The van der Waals surface area contributed by atoms with Crippen molar-refractivity contribution in [1.29, 1.82) is 0 Å². The largest absolute Gasteiger partial charge is 0.441 e. The van der Waals surface area contributed by atoms with Crippen LogP contribution in [0.1, 0.15) is 25.2 Å². The molecule has 2 unspecified atom stereocenters. The van der Waals surface area contributed by atoms with Crippen molar-refractivity contribution in [2.75, 3.05) is 11.6 Å². The number of hydrogen-bond acceptors (Lipinski definition) is 5. The lowest BCUT2D eigenvalue weighted by molar-refractivity contribution is 0.561. The van der Waals surface area contributed by atoms with Crippen molar-refractivity contribution in [2.24, 2.45) is 0 Å². The highest BCUT2D eigenvalue weighted by Crippen LogP contribution is 2.29. The summed E-state index contributed by atoms with van der Waals surface area (Å²) in [5, 5.41) is 3.04. The Bertz CT molecular complexity index is 736. The van der Waals surface area contributed by atoms with Gasteiger partial charge in [0.1, 0.15) is 5.52 Å². The van der Waals surface area contributed by atoms with E-state index < -0.39 is 9.84 Å². The summed E-state index contributed by atoms with van der Waals surface area (Å²) in [6, 6.07) is 5.66. The van der Waals surface area contributed by atoms with Gasteiger partial charge in [0, 0.05) is 24.9 Å². The number of nitrogens with one attached hydrogen (secondary N) is 1. The number of aromatic nitrogens is 1. The normalized spacial score (nSPS) is 23.3. The fraction of sp³-hybridized carbons (Fsp3) is 0.500. The third kappa shape index (κ3) is 2.52. The van der Waals surface area contributed by atoms with Crippen LogP contribution in [-0.4, -0.2) is 30.9 Å². The van der Waals surface area contributed by atoms with Crippen LogP contribution in [0.25, 0.3) is 11.1 Å². The molecule has 0 radical (unpaired) electrons. The molecule has 2 atom stereocenters. The van der Waals surface area contributed by atoms with Crippen LogP contribution in [0.4, 0.5) is 5.69 Å². The second kappa shape index (κ2) is 4.77. The summed E-state index contributed by atoms with van der Waals surface area (Å²) in [5.41, 5.74) is 2.44. The molecule has 3 rings (SSSR count). The lowest BCUT2D eigenvalue weighted by atomic mass is 10.2. The van der Waals surface area contributed by atoms with Gasteiger partial charge in [0.2, 0.25) is 0 Å². The minimum Gasteiger partial charge on any atom is -0.441 e. The number of hydrogen-bond donors (Lipinski definition) is 1. The smallest absolute Gasteiger partial charge is 0.192 e. The van der Waals surface area contributed by atoms with Crippen molar-refractivity contribution in [3.05, 3.63) is 24.1 Å². The number of sulfone groups is 1. The molecular formula is C14H18N2O3S. The summed E-state index contributed by atoms with van der Waals surface area (Å²) < 4.78 is 29.0.